The molecule has 1 aromatic heterocycles. The van der Waals surface area contributed by atoms with Crippen LogP contribution in [0.5, 0.6) is 0 Å². The summed E-state index contributed by atoms with van der Waals surface area (Å²) in [6, 6.07) is 4.66. The second-order valence-corrected chi connectivity index (χ2v) is 6.48. The molecule has 0 aliphatic carbocycles. The summed E-state index contributed by atoms with van der Waals surface area (Å²) in [4.78, 5) is 4.57. The normalized spacial score (nSPS) is 13.3. The zero-order valence-corrected chi connectivity index (χ0v) is 13.1. The molecule has 0 saturated heterocycles. The van der Waals surface area contributed by atoms with Crippen molar-refractivity contribution in [1.29, 1.82) is 0 Å². The molecule has 3 nitrogen and oxygen atoms in total. The lowest BCUT2D eigenvalue weighted by Crippen LogP contribution is -2.19. The Morgan fingerprint density at radius 3 is 2.80 bits per heavy atom. The van der Waals surface area contributed by atoms with Crippen molar-refractivity contribution in [2.75, 3.05) is 12.0 Å². The first-order chi connectivity index (χ1) is 9.52. The average molecular weight is 295 g/mol. The highest BCUT2D eigenvalue weighted by Crippen LogP contribution is 2.24. The highest BCUT2D eigenvalue weighted by molar-refractivity contribution is 7.98. The Labute approximate surface area is 123 Å². The number of aromatic nitrogens is 2. The maximum Gasteiger partial charge on any atom is 0.126 e. The van der Waals surface area contributed by atoms with Gasteiger partial charge in [-0.2, -0.15) is 11.8 Å². The number of nitrogens with two attached hydrogens (primary N) is 1. The predicted molar refractivity (Wildman–Crippen MR) is 84.5 cm³/mol. The summed E-state index contributed by atoms with van der Waals surface area (Å²) in [5.74, 6) is 2.11. The quantitative estimate of drug-likeness (QED) is 0.885. The Kier molecular flexibility index (Phi) is 5.05. The van der Waals surface area contributed by atoms with Crippen molar-refractivity contribution in [1.82, 2.24) is 9.55 Å². The number of rotatable bonds is 6. The van der Waals surface area contributed by atoms with E-state index in [9.17, 15) is 4.39 Å². The highest BCUT2D eigenvalue weighted by atomic mass is 32.2. The van der Waals surface area contributed by atoms with E-state index in [0.29, 0.717) is 11.4 Å². The van der Waals surface area contributed by atoms with E-state index in [2.05, 4.69) is 29.7 Å². The van der Waals surface area contributed by atoms with Crippen LogP contribution in [-0.2, 0) is 6.54 Å². The molecule has 5 heteroatoms. The van der Waals surface area contributed by atoms with Crippen molar-refractivity contribution in [3.63, 3.8) is 0 Å². The number of benzene rings is 1. The maximum absolute atomic E-state index is 13.4. The summed E-state index contributed by atoms with van der Waals surface area (Å²) >= 11 is 1.78. The predicted octanol–water partition coefficient (Wildman–Crippen LogP) is 3.58. The van der Waals surface area contributed by atoms with Gasteiger partial charge in [-0.05, 0) is 36.5 Å². The SMILES string of the molecule is CSCCC(N)c1nc2cc(F)ccc2n1CC(C)C. The molecule has 2 rings (SSSR count). The van der Waals surface area contributed by atoms with Crippen molar-refractivity contribution >= 4 is 22.8 Å². The van der Waals surface area contributed by atoms with E-state index in [1.165, 1.54) is 12.1 Å². The van der Waals surface area contributed by atoms with E-state index in [0.717, 1.165) is 30.1 Å². The summed E-state index contributed by atoms with van der Waals surface area (Å²) in [7, 11) is 0. The molecule has 0 spiro atoms. The lowest BCUT2D eigenvalue weighted by Gasteiger charge is -2.16. The molecular formula is C15H22FN3S. The number of hydrogen-bond donors (Lipinski definition) is 1. The van der Waals surface area contributed by atoms with Crippen LogP contribution < -0.4 is 5.73 Å². The summed E-state index contributed by atoms with van der Waals surface area (Å²) in [6.45, 7) is 5.17. The molecule has 1 atom stereocenters. The van der Waals surface area contributed by atoms with Crippen LogP contribution >= 0.6 is 11.8 Å². The third-order valence-corrected chi connectivity index (χ3v) is 3.90. The van der Waals surface area contributed by atoms with E-state index < -0.39 is 0 Å². The Morgan fingerprint density at radius 1 is 1.40 bits per heavy atom. The van der Waals surface area contributed by atoms with E-state index in [-0.39, 0.29) is 11.9 Å². The van der Waals surface area contributed by atoms with Crippen molar-refractivity contribution in [2.45, 2.75) is 32.9 Å². The molecule has 1 heterocycles. The van der Waals surface area contributed by atoms with Gasteiger partial charge in [0.25, 0.3) is 0 Å². The van der Waals surface area contributed by atoms with Crippen molar-refractivity contribution in [3.8, 4) is 0 Å². The van der Waals surface area contributed by atoms with Crippen molar-refractivity contribution in [2.24, 2.45) is 11.7 Å². The molecule has 1 aromatic carbocycles. The van der Waals surface area contributed by atoms with Gasteiger partial charge in [-0.15, -0.1) is 0 Å². The molecule has 0 aliphatic rings. The molecule has 0 aliphatic heterocycles. The minimum Gasteiger partial charge on any atom is -0.326 e. The maximum atomic E-state index is 13.4. The second-order valence-electron chi connectivity index (χ2n) is 5.50. The van der Waals surface area contributed by atoms with Crippen LogP contribution in [0.25, 0.3) is 11.0 Å². The highest BCUT2D eigenvalue weighted by Gasteiger charge is 2.17. The zero-order valence-electron chi connectivity index (χ0n) is 12.3. The Bertz CT molecular complexity index is 580. The van der Waals surface area contributed by atoms with Crippen LogP contribution in [0, 0.1) is 11.7 Å². The van der Waals surface area contributed by atoms with Gasteiger partial charge in [0.15, 0.2) is 0 Å². The number of fused-ring (bicyclic) bond motifs is 1. The molecule has 2 aromatic rings. The van der Waals surface area contributed by atoms with Crippen molar-refractivity contribution < 1.29 is 4.39 Å². The molecule has 20 heavy (non-hydrogen) atoms. The van der Waals surface area contributed by atoms with Gasteiger partial charge < -0.3 is 10.3 Å². The van der Waals surface area contributed by atoms with Gasteiger partial charge in [-0.3, -0.25) is 0 Å². The third kappa shape index (κ3) is 3.33. The molecule has 0 radical (unpaired) electrons. The molecule has 0 bridgehead atoms. The topological polar surface area (TPSA) is 43.8 Å². The lowest BCUT2D eigenvalue weighted by atomic mass is 10.2. The van der Waals surface area contributed by atoms with Gasteiger partial charge in [0, 0.05) is 12.6 Å². The van der Waals surface area contributed by atoms with Crippen LogP contribution in [-0.4, -0.2) is 21.6 Å². The molecule has 0 saturated carbocycles. The Morgan fingerprint density at radius 2 is 2.15 bits per heavy atom. The summed E-state index contributed by atoms with van der Waals surface area (Å²) < 4.78 is 15.5. The third-order valence-electron chi connectivity index (χ3n) is 3.25. The van der Waals surface area contributed by atoms with Gasteiger partial charge in [-0.25, -0.2) is 9.37 Å². The lowest BCUT2D eigenvalue weighted by molar-refractivity contribution is 0.495. The van der Waals surface area contributed by atoms with E-state index in [1.807, 2.05) is 0 Å². The first kappa shape index (κ1) is 15.3. The Balaban J connectivity index is 2.45. The first-order valence-corrected chi connectivity index (χ1v) is 8.32. The van der Waals surface area contributed by atoms with Crippen LogP contribution in [0.3, 0.4) is 0 Å². The fraction of sp³-hybridized carbons (Fsp3) is 0.533. The second kappa shape index (κ2) is 6.59. The molecule has 2 N–H and O–H groups in total. The van der Waals surface area contributed by atoms with Gasteiger partial charge in [0.2, 0.25) is 0 Å². The first-order valence-electron chi connectivity index (χ1n) is 6.93. The van der Waals surface area contributed by atoms with E-state index in [1.54, 1.807) is 17.8 Å². The van der Waals surface area contributed by atoms with Gasteiger partial charge in [0.05, 0.1) is 17.1 Å². The molecule has 0 fully saturated rings. The number of nitrogens with zero attached hydrogens (tertiary/aromatic N) is 2. The van der Waals surface area contributed by atoms with Crippen LogP contribution in [0.1, 0.15) is 32.1 Å². The van der Waals surface area contributed by atoms with Crippen molar-refractivity contribution in [3.05, 3.63) is 29.8 Å². The van der Waals surface area contributed by atoms with Gasteiger partial charge >= 0.3 is 0 Å². The standard InChI is InChI=1S/C15H22FN3S/c1-10(2)9-19-14-5-4-11(16)8-13(14)18-15(19)12(17)6-7-20-3/h4-5,8,10,12H,6-7,9,17H2,1-3H3. The monoisotopic (exact) mass is 295 g/mol. The summed E-state index contributed by atoms with van der Waals surface area (Å²) in [5, 5.41) is 0. The fourth-order valence-corrected chi connectivity index (χ4v) is 2.83. The molecule has 1 unspecified atom stereocenters. The summed E-state index contributed by atoms with van der Waals surface area (Å²) in [6.07, 6.45) is 2.95. The number of hydrogen-bond acceptors (Lipinski definition) is 3. The molecule has 110 valence electrons. The molecule has 0 amide bonds. The van der Waals surface area contributed by atoms with Gasteiger partial charge in [0.1, 0.15) is 11.6 Å². The van der Waals surface area contributed by atoms with E-state index >= 15 is 0 Å². The van der Waals surface area contributed by atoms with Crippen LogP contribution in [0.2, 0.25) is 0 Å². The van der Waals surface area contributed by atoms with E-state index in [4.69, 9.17) is 5.73 Å². The fourth-order valence-electron chi connectivity index (χ4n) is 2.34. The summed E-state index contributed by atoms with van der Waals surface area (Å²) in [5.41, 5.74) is 7.93. The average Bonchev–Trinajstić information content (AvgIpc) is 2.73. The smallest absolute Gasteiger partial charge is 0.126 e. The number of halogens is 1. The van der Waals surface area contributed by atoms with Crippen LogP contribution in [0.4, 0.5) is 4.39 Å². The van der Waals surface area contributed by atoms with Crippen LogP contribution in [0.15, 0.2) is 18.2 Å². The minimum atomic E-state index is -0.254. The largest absolute Gasteiger partial charge is 0.326 e. The Hall–Kier alpha value is -1.07. The number of imidazole rings is 1. The number of thioether (sulfide) groups is 1. The minimum absolute atomic E-state index is 0.100. The zero-order chi connectivity index (χ0) is 14.7. The molecular weight excluding hydrogens is 273 g/mol. The van der Waals surface area contributed by atoms with Gasteiger partial charge in [-0.1, -0.05) is 13.8 Å².